The maximum atomic E-state index is 12.0. The lowest BCUT2D eigenvalue weighted by atomic mass is 10.2. The Morgan fingerprint density at radius 1 is 1.48 bits per heavy atom. The molecule has 0 bridgehead atoms. The van der Waals surface area contributed by atoms with E-state index in [0.717, 1.165) is 17.3 Å². The van der Waals surface area contributed by atoms with Gasteiger partial charge in [-0.25, -0.2) is 0 Å². The highest BCUT2D eigenvalue weighted by molar-refractivity contribution is 7.99. The number of hydrogen-bond acceptors (Lipinski definition) is 7. The predicted octanol–water partition coefficient (Wildman–Crippen LogP) is 1.98. The van der Waals surface area contributed by atoms with Crippen molar-refractivity contribution in [1.29, 1.82) is 0 Å². The van der Waals surface area contributed by atoms with Crippen molar-refractivity contribution in [2.45, 2.75) is 19.6 Å². The molecule has 124 valence electrons. The van der Waals surface area contributed by atoms with Crippen molar-refractivity contribution in [3.05, 3.63) is 36.0 Å². The minimum atomic E-state index is -0.123. The molecule has 1 fully saturated rings. The monoisotopic (exact) mass is 356 g/mol. The molecular formula is C14H17ClN4O3S. The summed E-state index contributed by atoms with van der Waals surface area (Å²) in [5.74, 6) is 3.29. The van der Waals surface area contributed by atoms with Crippen molar-refractivity contribution in [3.63, 3.8) is 0 Å². The van der Waals surface area contributed by atoms with E-state index in [4.69, 9.17) is 9.26 Å². The number of rotatable bonds is 5. The summed E-state index contributed by atoms with van der Waals surface area (Å²) in [5, 5.41) is 9.70. The van der Waals surface area contributed by atoms with Crippen molar-refractivity contribution in [2.75, 3.05) is 16.9 Å². The Kier molecular flexibility index (Phi) is 6.26. The number of aryl methyl sites for hydroxylation is 1. The maximum Gasteiger partial charge on any atom is 0.264 e. The first kappa shape index (κ1) is 17.6. The molecule has 9 heteroatoms. The van der Waals surface area contributed by atoms with E-state index in [2.05, 4.69) is 20.8 Å². The quantitative estimate of drug-likeness (QED) is 0.846. The van der Waals surface area contributed by atoms with Crippen LogP contribution in [0.15, 0.2) is 28.8 Å². The molecule has 1 aromatic carbocycles. The van der Waals surface area contributed by atoms with Crippen LogP contribution in [0, 0.1) is 6.92 Å². The molecule has 2 heterocycles. The van der Waals surface area contributed by atoms with E-state index in [9.17, 15) is 4.79 Å². The number of thioether (sulfide) groups is 1. The molecule has 1 saturated heterocycles. The summed E-state index contributed by atoms with van der Waals surface area (Å²) in [4.78, 5) is 16.0. The van der Waals surface area contributed by atoms with Crippen LogP contribution in [-0.2, 0) is 11.4 Å². The third-order valence-corrected chi connectivity index (χ3v) is 4.03. The Bertz CT molecular complexity index is 644. The number of nitrogens with zero attached hydrogens (tertiary/aromatic N) is 2. The van der Waals surface area contributed by atoms with Crippen LogP contribution in [0.1, 0.15) is 11.7 Å². The van der Waals surface area contributed by atoms with E-state index < -0.39 is 0 Å². The van der Waals surface area contributed by atoms with E-state index in [1.807, 2.05) is 0 Å². The number of hydrogen-bond donors (Lipinski definition) is 2. The van der Waals surface area contributed by atoms with Crippen LogP contribution in [0.3, 0.4) is 0 Å². The lowest BCUT2D eigenvalue weighted by Gasteiger charge is -2.11. The molecule has 3 rings (SSSR count). The van der Waals surface area contributed by atoms with Crippen molar-refractivity contribution >= 4 is 35.8 Å². The number of aromatic nitrogens is 2. The van der Waals surface area contributed by atoms with Gasteiger partial charge >= 0.3 is 0 Å². The van der Waals surface area contributed by atoms with Crippen LogP contribution in [0.25, 0.3) is 0 Å². The van der Waals surface area contributed by atoms with Crippen LogP contribution >= 0.6 is 24.2 Å². The Hall–Kier alpha value is -1.77. The molecule has 23 heavy (non-hydrogen) atoms. The van der Waals surface area contributed by atoms with Gasteiger partial charge in [-0.15, -0.1) is 24.2 Å². The summed E-state index contributed by atoms with van der Waals surface area (Å²) < 4.78 is 10.5. The van der Waals surface area contributed by atoms with Crippen molar-refractivity contribution < 1.29 is 14.1 Å². The van der Waals surface area contributed by atoms with E-state index in [0.29, 0.717) is 17.5 Å². The molecule has 0 radical (unpaired) electrons. The van der Waals surface area contributed by atoms with Crippen LogP contribution in [-0.4, -0.2) is 33.7 Å². The zero-order valence-corrected chi connectivity index (χ0v) is 14.1. The second kappa shape index (κ2) is 8.19. The number of carbonyl (C=O) groups excluding carboxylic acids is 1. The van der Waals surface area contributed by atoms with E-state index in [1.165, 1.54) is 0 Å². The third-order valence-electron chi connectivity index (χ3n) is 3.09. The number of nitrogens with one attached hydrogen (secondary N) is 2. The second-order valence-corrected chi connectivity index (χ2v) is 5.84. The summed E-state index contributed by atoms with van der Waals surface area (Å²) >= 11 is 1.72. The van der Waals surface area contributed by atoms with Crippen LogP contribution in [0.4, 0.5) is 5.69 Å². The number of halogens is 1. The summed E-state index contributed by atoms with van der Waals surface area (Å²) in [7, 11) is 0. The van der Waals surface area contributed by atoms with Crippen LogP contribution < -0.4 is 15.4 Å². The molecule has 7 nitrogen and oxygen atoms in total. The molecule has 0 spiro atoms. The topological polar surface area (TPSA) is 89.3 Å². The Morgan fingerprint density at radius 3 is 2.87 bits per heavy atom. The molecule has 1 atom stereocenters. The Balaban J connectivity index is 0.00000192. The summed E-state index contributed by atoms with van der Waals surface area (Å²) in [6.07, 6.45) is 0. The average molecular weight is 357 g/mol. The number of ether oxygens (including phenoxy) is 1. The standard InChI is InChI=1S/C14H16N4O3S.ClH/c1-9-16-13(21-18-9)6-20-11-4-2-10(3-5-11)17-14(19)12-7-22-8-15-12;/h2-5,12,15H,6-8H2,1H3,(H,17,19);1H. The molecule has 0 aliphatic carbocycles. The minimum absolute atomic E-state index is 0. The van der Waals surface area contributed by atoms with Gasteiger partial charge in [-0.1, -0.05) is 5.16 Å². The first-order valence-corrected chi connectivity index (χ1v) is 8.00. The van der Waals surface area contributed by atoms with Gasteiger partial charge in [-0.2, -0.15) is 4.98 Å². The van der Waals surface area contributed by atoms with Gasteiger partial charge in [0.15, 0.2) is 12.4 Å². The second-order valence-electron chi connectivity index (χ2n) is 4.81. The van der Waals surface area contributed by atoms with Gasteiger partial charge < -0.3 is 14.6 Å². The van der Waals surface area contributed by atoms with E-state index >= 15 is 0 Å². The summed E-state index contributed by atoms with van der Waals surface area (Å²) in [6.45, 7) is 1.97. The smallest absolute Gasteiger partial charge is 0.264 e. The largest absolute Gasteiger partial charge is 0.484 e. The third kappa shape index (κ3) is 4.85. The molecule has 1 aromatic heterocycles. The van der Waals surface area contributed by atoms with Crippen molar-refractivity contribution in [2.24, 2.45) is 0 Å². The molecule has 2 aromatic rings. The minimum Gasteiger partial charge on any atom is -0.484 e. The number of carbonyl (C=O) groups is 1. The first-order chi connectivity index (χ1) is 10.7. The fraction of sp³-hybridized carbons (Fsp3) is 0.357. The molecule has 0 saturated carbocycles. The van der Waals surface area contributed by atoms with Gasteiger partial charge in [0.05, 0.1) is 6.04 Å². The fourth-order valence-electron chi connectivity index (χ4n) is 1.97. The summed E-state index contributed by atoms with van der Waals surface area (Å²) in [5.41, 5.74) is 0.740. The van der Waals surface area contributed by atoms with Crippen LogP contribution in [0.5, 0.6) is 5.75 Å². The summed E-state index contributed by atoms with van der Waals surface area (Å²) in [6, 6.07) is 7.05. The molecule has 2 N–H and O–H groups in total. The number of benzene rings is 1. The normalized spacial score (nSPS) is 16.7. The van der Waals surface area contributed by atoms with Crippen LogP contribution in [0.2, 0.25) is 0 Å². The molecule has 1 aliphatic heterocycles. The average Bonchev–Trinajstić information content (AvgIpc) is 3.18. The maximum absolute atomic E-state index is 12.0. The highest BCUT2D eigenvalue weighted by atomic mass is 35.5. The first-order valence-electron chi connectivity index (χ1n) is 6.85. The molecule has 1 unspecified atom stereocenters. The Morgan fingerprint density at radius 2 is 2.26 bits per heavy atom. The predicted molar refractivity (Wildman–Crippen MR) is 89.9 cm³/mol. The van der Waals surface area contributed by atoms with Gasteiger partial charge in [-0.3, -0.25) is 10.1 Å². The van der Waals surface area contributed by atoms with E-state index in [-0.39, 0.29) is 31.0 Å². The molecular weight excluding hydrogens is 340 g/mol. The van der Waals surface area contributed by atoms with Crippen molar-refractivity contribution in [1.82, 2.24) is 15.5 Å². The van der Waals surface area contributed by atoms with Gasteiger partial charge in [0.2, 0.25) is 5.91 Å². The fourth-order valence-corrected chi connectivity index (χ4v) is 2.91. The highest BCUT2D eigenvalue weighted by Crippen LogP contribution is 2.18. The lowest BCUT2D eigenvalue weighted by Crippen LogP contribution is -2.37. The van der Waals surface area contributed by atoms with E-state index in [1.54, 1.807) is 43.0 Å². The van der Waals surface area contributed by atoms with Crippen molar-refractivity contribution in [3.8, 4) is 5.75 Å². The number of amides is 1. The van der Waals surface area contributed by atoms with Gasteiger partial charge in [0.25, 0.3) is 5.89 Å². The SMILES string of the molecule is Cc1noc(COc2ccc(NC(=O)C3CSCN3)cc2)n1.Cl. The zero-order valence-electron chi connectivity index (χ0n) is 12.4. The van der Waals surface area contributed by atoms with Gasteiger partial charge in [-0.05, 0) is 31.2 Å². The lowest BCUT2D eigenvalue weighted by molar-refractivity contribution is -0.117. The molecule has 1 amide bonds. The zero-order chi connectivity index (χ0) is 15.4. The highest BCUT2D eigenvalue weighted by Gasteiger charge is 2.22. The number of anilines is 1. The Labute approximate surface area is 144 Å². The van der Waals surface area contributed by atoms with Gasteiger partial charge in [0.1, 0.15) is 5.75 Å². The van der Waals surface area contributed by atoms with Gasteiger partial charge in [0, 0.05) is 17.3 Å². The molecule has 1 aliphatic rings.